The SMILES string of the molecule is Cc1cc(O)ccc1[S+](C)Cc1ccc(Cl)cc1. The molecule has 0 fully saturated rings. The number of phenolic OH excluding ortho intramolecular Hbond substituents is 1. The molecular weight excluding hydrogens is 264 g/mol. The van der Waals surface area contributed by atoms with E-state index in [9.17, 15) is 5.11 Å². The van der Waals surface area contributed by atoms with E-state index in [1.165, 1.54) is 10.5 Å². The minimum atomic E-state index is 0.135. The van der Waals surface area contributed by atoms with Gasteiger partial charge in [0.25, 0.3) is 0 Å². The molecule has 1 atom stereocenters. The molecule has 0 aliphatic carbocycles. The molecule has 0 aliphatic rings. The van der Waals surface area contributed by atoms with E-state index in [0.717, 1.165) is 16.3 Å². The van der Waals surface area contributed by atoms with Gasteiger partial charge in [-0.1, -0.05) is 23.7 Å². The number of hydrogen-bond acceptors (Lipinski definition) is 1. The van der Waals surface area contributed by atoms with Gasteiger partial charge in [0.1, 0.15) is 17.8 Å². The highest BCUT2D eigenvalue weighted by atomic mass is 35.5. The maximum Gasteiger partial charge on any atom is 0.158 e. The molecule has 0 aliphatic heterocycles. The van der Waals surface area contributed by atoms with Gasteiger partial charge in [0.05, 0.1) is 0 Å². The summed E-state index contributed by atoms with van der Waals surface area (Å²) in [6.45, 7) is 2.04. The molecule has 0 saturated heterocycles. The van der Waals surface area contributed by atoms with E-state index in [1.54, 1.807) is 6.07 Å². The zero-order valence-corrected chi connectivity index (χ0v) is 12.1. The van der Waals surface area contributed by atoms with Gasteiger partial charge in [-0.05, 0) is 37.3 Å². The van der Waals surface area contributed by atoms with Crippen molar-refractivity contribution in [2.75, 3.05) is 6.26 Å². The number of aryl methyl sites for hydroxylation is 1. The van der Waals surface area contributed by atoms with Crippen molar-refractivity contribution in [3.8, 4) is 5.75 Å². The lowest BCUT2D eigenvalue weighted by Crippen LogP contribution is -2.05. The second-order valence-corrected chi connectivity index (χ2v) is 6.80. The Morgan fingerprint density at radius 2 is 1.78 bits per heavy atom. The number of rotatable bonds is 3. The Kier molecular flexibility index (Phi) is 4.20. The summed E-state index contributed by atoms with van der Waals surface area (Å²) < 4.78 is 0. The maximum absolute atomic E-state index is 9.43. The number of phenols is 1. The first-order chi connectivity index (χ1) is 8.56. The van der Waals surface area contributed by atoms with Gasteiger partial charge < -0.3 is 5.11 Å². The first-order valence-electron chi connectivity index (χ1n) is 5.73. The van der Waals surface area contributed by atoms with E-state index in [1.807, 2.05) is 31.2 Å². The largest absolute Gasteiger partial charge is 0.508 e. The molecule has 1 unspecified atom stereocenters. The van der Waals surface area contributed by atoms with Gasteiger partial charge in [-0.2, -0.15) is 0 Å². The lowest BCUT2D eigenvalue weighted by Gasteiger charge is -2.06. The summed E-state index contributed by atoms with van der Waals surface area (Å²) in [5, 5.41) is 10.2. The molecule has 2 aromatic carbocycles. The maximum atomic E-state index is 9.43. The topological polar surface area (TPSA) is 20.2 Å². The van der Waals surface area contributed by atoms with Gasteiger partial charge >= 0.3 is 0 Å². The minimum Gasteiger partial charge on any atom is -0.508 e. The molecule has 94 valence electrons. The average molecular weight is 280 g/mol. The van der Waals surface area contributed by atoms with E-state index >= 15 is 0 Å². The molecule has 0 amide bonds. The van der Waals surface area contributed by atoms with Crippen molar-refractivity contribution in [1.82, 2.24) is 0 Å². The zero-order chi connectivity index (χ0) is 13.1. The number of aromatic hydroxyl groups is 1. The van der Waals surface area contributed by atoms with Gasteiger partial charge in [-0.15, -0.1) is 0 Å². The lowest BCUT2D eigenvalue weighted by molar-refractivity contribution is 0.474. The third-order valence-corrected chi connectivity index (χ3v) is 5.06. The Hall–Kier alpha value is -1.12. The summed E-state index contributed by atoms with van der Waals surface area (Å²) in [5.41, 5.74) is 2.44. The van der Waals surface area contributed by atoms with E-state index in [2.05, 4.69) is 18.4 Å². The Labute approximate surface area is 116 Å². The fraction of sp³-hybridized carbons (Fsp3) is 0.200. The second-order valence-electron chi connectivity index (χ2n) is 4.36. The van der Waals surface area contributed by atoms with Crippen molar-refractivity contribution in [2.45, 2.75) is 17.6 Å². The average Bonchev–Trinajstić information content (AvgIpc) is 2.32. The van der Waals surface area contributed by atoms with Gasteiger partial charge in [0.2, 0.25) is 0 Å². The van der Waals surface area contributed by atoms with E-state index in [-0.39, 0.29) is 10.9 Å². The molecule has 2 aromatic rings. The van der Waals surface area contributed by atoms with E-state index < -0.39 is 0 Å². The molecule has 1 N–H and O–H groups in total. The smallest absolute Gasteiger partial charge is 0.158 e. The molecule has 0 bridgehead atoms. The monoisotopic (exact) mass is 279 g/mol. The normalized spacial score (nSPS) is 12.4. The molecule has 1 nitrogen and oxygen atoms in total. The number of halogens is 1. The van der Waals surface area contributed by atoms with Crippen LogP contribution in [0.3, 0.4) is 0 Å². The Bertz CT molecular complexity index is 537. The van der Waals surface area contributed by atoms with Crippen molar-refractivity contribution in [3.05, 3.63) is 58.6 Å². The first-order valence-corrected chi connectivity index (χ1v) is 7.91. The molecule has 0 aromatic heterocycles. The highest BCUT2D eigenvalue weighted by molar-refractivity contribution is 7.95. The van der Waals surface area contributed by atoms with Crippen LogP contribution in [-0.4, -0.2) is 11.4 Å². The fourth-order valence-electron chi connectivity index (χ4n) is 1.93. The van der Waals surface area contributed by atoms with Gasteiger partial charge in [0, 0.05) is 27.0 Å². The van der Waals surface area contributed by atoms with Crippen LogP contribution >= 0.6 is 11.6 Å². The quantitative estimate of drug-likeness (QED) is 0.837. The van der Waals surface area contributed by atoms with Crippen LogP contribution in [0.15, 0.2) is 47.4 Å². The van der Waals surface area contributed by atoms with Crippen molar-refractivity contribution in [1.29, 1.82) is 0 Å². The van der Waals surface area contributed by atoms with Crippen molar-refractivity contribution >= 4 is 22.5 Å². The second kappa shape index (κ2) is 5.68. The van der Waals surface area contributed by atoms with Crippen molar-refractivity contribution in [3.63, 3.8) is 0 Å². The highest BCUT2D eigenvalue weighted by Gasteiger charge is 2.18. The molecule has 18 heavy (non-hydrogen) atoms. The molecule has 3 heteroatoms. The summed E-state index contributed by atoms with van der Waals surface area (Å²) >= 11 is 5.88. The lowest BCUT2D eigenvalue weighted by atomic mass is 10.2. The first kappa shape index (κ1) is 13.3. The number of hydrogen-bond donors (Lipinski definition) is 1. The Balaban J connectivity index is 2.16. The summed E-state index contributed by atoms with van der Waals surface area (Å²) in [6.07, 6.45) is 2.23. The fourth-order valence-corrected chi connectivity index (χ4v) is 3.82. The molecule has 2 rings (SSSR count). The summed E-state index contributed by atoms with van der Waals surface area (Å²) in [7, 11) is 0.135. The van der Waals surface area contributed by atoms with Crippen LogP contribution in [0.2, 0.25) is 5.02 Å². The zero-order valence-electron chi connectivity index (χ0n) is 10.5. The van der Waals surface area contributed by atoms with Crippen LogP contribution in [0.5, 0.6) is 5.75 Å². The Morgan fingerprint density at radius 1 is 1.11 bits per heavy atom. The van der Waals surface area contributed by atoms with Crippen LogP contribution in [0.1, 0.15) is 11.1 Å². The van der Waals surface area contributed by atoms with Gasteiger partial charge in [-0.25, -0.2) is 0 Å². The van der Waals surface area contributed by atoms with Gasteiger partial charge in [-0.3, -0.25) is 0 Å². The van der Waals surface area contributed by atoms with Gasteiger partial charge in [0.15, 0.2) is 4.90 Å². The third kappa shape index (κ3) is 3.21. The Morgan fingerprint density at radius 3 is 2.39 bits per heavy atom. The molecule has 0 radical (unpaired) electrons. The summed E-state index contributed by atoms with van der Waals surface area (Å²) in [5.74, 6) is 1.34. The predicted molar refractivity (Wildman–Crippen MR) is 79.6 cm³/mol. The van der Waals surface area contributed by atoms with Crippen LogP contribution in [0, 0.1) is 6.92 Å². The van der Waals surface area contributed by atoms with Crippen LogP contribution in [0.25, 0.3) is 0 Å². The van der Waals surface area contributed by atoms with Crippen molar-refractivity contribution < 1.29 is 5.11 Å². The standard InChI is InChI=1S/C15H15ClOS/c1-11-9-14(17)7-8-15(11)18(2)10-12-3-5-13(16)6-4-12/h3-9H,10H2,1-2H3/p+1. The molecule has 0 saturated carbocycles. The van der Waals surface area contributed by atoms with Crippen molar-refractivity contribution in [2.24, 2.45) is 0 Å². The highest BCUT2D eigenvalue weighted by Crippen LogP contribution is 2.24. The molecule has 0 spiro atoms. The summed E-state index contributed by atoms with van der Waals surface area (Å²) in [6, 6.07) is 13.6. The van der Waals surface area contributed by atoms with Crippen LogP contribution < -0.4 is 0 Å². The molecule has 0 heterocycles. The predicted octanol–water partition coefficient (Wildman–Crippen LogP) is 4.16. The van der Waals surface area contributed by atoms with Crippen LogP contribution in [0.4, 0.5) is 0 Å². The van der Waals surface area contributed by atoms with Crippen LogP contribution in [-0.2, 0) is 16.6 Å². The third-order valence-electron chi connectivity index (χ3n) is 2.83. The minimum absolute atomic E-state index is 0.135. The molecular formula is C15H16ClOS+. The summed E-state index contributed by atoms with van der Waals surface area (Å²) in [4.78, 5) is 1.31. The number of benzene rings is 2. The van der Waals surface area contributed by atoms with E-state index in [0.29, 0.717) is 5.75 Å². The van der Waals surface area contributed by atoms with E-state index in [4.69, 9.17) is 11.6 Å².